The summed E-state index contributed by atoms with van der Waals surface area (Å²) in [6.07, 6.45) is 0. The van der Waals surface area contributed by atoms with Crippen LogP contribution in [0.5, 0.6) is 0 Å². The van der Waals surface area contributed by atoms with Crippen molar-refractivity contribution in [3.8, 4) is 0 Å². The van der Waals surface area contributed by atoms with E-state index in [0.717, 1.165) is 11.6 Å². The van der Waals surface area contributed by atoms with Crippen LogP contribution in [0.15, 0.2) is 36.4 Å². The van der Waals surface area contributed by atoms with Gasteiger partial charge in [0, 0.05) is 11.7 Å². The zero-order valence-electron chi connectivity index (χ0n) is 11.8. The zero-order valence-corrected chi connectivity index (χ0v) is 11.8. The Morgan fingerprint density at radius 2 is 1.95 bits per heavy atom. The van der Waals surface area contributed by atoms with Crippen LogP contribution >= 0.6 is 0 Å². The third kappa shape index (κ3) is 3.25. The van der Waals surface area contributed by atoms with Crippen molar-refractivity contribution in [3.05, 3.63) is 64.7 Å². The van der Waals surface area contributed by atoms with Gasteiger partial charge in [0.25, 0.3) is 5.91 Å². The molecule has 0 bridgehead atoms. The minimum atomic E-state index is -0.890. The molecule has 0 spiro atoms. The van der Waals surface area contributed by atoms with E-state index < -0.39 is 23.1 Å². The summed E-state index contributed by atoms with van der Waals surface area (Å²) in [5.41, 5.74) is 6.65. The van der Waals surface area contributed by atoms with Crippen LogP contribution in [0.2, 0.25) is 0 Å². The third-order valence-electron chi connectivity index (χ3n) is 3.18. The van der Waals surface area contributed by atoms with E-state index in [-0.39, 0.29) is 11.6 Å². The Labute approximate surface area is 121 Å². The maximum absolute atomic E-state index is 13.9. The summed E-state index contributed by atoms with van der Waals surface area (Å²) in [5, 5.41) is 2.49. The fraction of sp³-hybridized carbons (Fsp3) is 0.188. The molecule has 5 heteroatoms. The van der Waals surface area contributed by atoms with Gasteiger partial charge in [0.1, 0.15) is 17.2 Å². The molecule has 0 radical (unpaired) electrons. The molecule has 0 heterocycles. The SMILES string of the molecule is Cc1ccc(F)c(C(=O)Nc2cccc(C(C)N)c2)c1F. The molecule has 0 fully saturated rings. The first kappa shape index (κ1) is 15.1. The normalized spacial score (nSPS) is 12.0. The maximum atomic E-state index is 13.9. The van der Waals surface area contributed by atoms with Crippen molar-refractivity contribution in [2.75, 3.05) is 5.32 Å². The number of nitrogens with two attached hydrogens (primary N) is 1. The predicted octanol–water partition coefficient (Wildman–Crippen LogP) is 3.55. The van der Waals surface area contributed by atoms with Crippen molar-refractivity contribution in [1.82, 2.24) is 0 Å². The summed E-state index contributed by atoms with van der Waals surface area (Å²) in [4.78, 5) is 12.1. The van der Waals surface area contributed by atoms with Gasteiger partial charge in [0.15, 0.2) is 0 Å². The molecule has 0 aromatic heterocycles. The number of hydrogen-bond donors (Lipinski definition) is 2. The molecule has 21 heavy (non-hydrogen) atoms. The van der Waals surface area contributed by atoms with Crippen LogP contribution in [0.1, 0.15) is 34.5 Å². The molecule has 1 atom stereocenters. The van der Waals surface area contributed by atoms with Crippen LogP contribution in [0.25, 0.3) is 0 Å². The van der Waals surface area contributed by atoms with Gasteiger partial charge in [-0.05, 0) is 43.2 Å². The Morgan fingerprint density at radius 1 is 1.24 bits per heavy atom. The molecule has 3 nitrogen and oxygen atoms in total. The van der Waals surface area contributed by atoms with Gasteiger partial charge in [-0.2, -0.15) is 0 Å². The number of amides is 1. The summed E-state index contributed by atoms with van der Waals surface area (Å²) < 4.78 is 27.6. The van der Waals surface area contributed by atoms with E-state index in [2.05, 4.69) is 5.32 Å². The second-order valence-corrected chi connectivity index (χ2v) is 4.92. The van der Waals surface area contributed by atoms with Crippen molar-refractivity contribution in [2.24, 2.45) is 5.73 Å². The molecule has 0 aliphatic carbocycles. The molecule has 1 unspecified atom stereocenters. The highest BCUT2D eigenvalue weighted by Gasteiger charge is 2.19. The molecule has 0 aliphatic heterocycles. The molecule has 2 aromatic carbocycles. The zero-order chi connectivity index (χ0) is 15.6. The molecule has 0 aliphatic rings. The van der Waals surface area contributed by atoms with Gasteiger partial charge in [-0.1, -0.05) is 18.2 Å². The van der Waals surface area contributed by atoms with Gasteiger partial charge in [-0.15, -0.1) is 0 Å². The molecular weight excluding hydrogens is 274 g/mol. The molecular formula is C16H16F2N2O. The second-order valence-electron chi connectivity index (χ2n) is 4.92. The lowest BCUT2D eigenvalue weighted by Gasteiger charge is -2.11. The van der Waals surface area contributed by atoms with Crippen LogP contribution in [0, 0.1) is 18.6 Å². The van der Waals surface area contributed by atoms with E-state index in [0.29, 0.717) is 5.69 Å². The first-order chi connectivity index (χ1) is 9.90. The summed E-state index contributed by atoms with van der Waals surface area (Å²) in [7, 11) is 0. The maximum Gasteiger partial charge on any atom is 0.261 e. The molecule has 3 N–H and O–H groups in total. The number of carbonyl (C=O) groups is 1. The molecule has 0 saturated heterocycles. The Morgan fingerprint density at radius 3 is 2.62 bits per heavy atom. The number of anilines is 1. The molecule has 1 amide bonds. The van der Waals surface area contributed by atoms with E-state index in [4.69, 9.17) is 5.73 Å². The monoisotopic (exact) mass is 290 g/mol. The molecule has 0 saturated carbocycles. The van der Waals surface area contributed by atoms with Gasteiger partial charge < -0.3 is 11.1 Å². The smallest absolute Gasteiger partial charge is 0.261 e. The number of aryl methyl sites for hydroxylation is 1. The summed E-state index contributed by atoms with van der Waals surface area (Å²) in [6.45, 7) is 3.28. The number of rotatable bonds is 3. The lowest BCUT2D eigenvalue weighted by Crippen LogP contribution is -2.17. The quantitative estimate of drug-likeness (QED) is 0.908. The average Bonchev–Trinajstić information content (AvgIpc) is 2.43. The molecule has 2 aromatic rings. The minimum Gasteiger partial charge on any atom is -0.324 e. The predicted molar refractivity (Wildman–Crippen MR) is 78.1 cm³/mol. The Hall–Kier alpha value is -2.27. The topological polar surface area (TPSA) is 55.1 Å². The van der Waals surface area contributed by atoms with Crippen molar-refractivity contribution < 1.29 is 13.6 Å². The van der Waals surface area contributed by atoms with Crippen LogP contribution in [-0.2, 0) is 0 Å². The van der Waals surface area contributed by atoms with Gasteiger partial charge in [-0.3, -0.25) is 4.79 Å². The third-order valence-corrected chi connectivity index (χ3v) is 3.18. The van der Waals surface area contributed by atoms with Gasteiger partial charge in [-0.25, -0.2) is 8.78 Å². The van der Waals surface area contributed by atoms with Crippen LogP contribution in [0.4, 0.5) is 14.5 Å². The van der Waals surface area contributed by atoms with Gasteiger partial charge in [0.2, 0.25) is 0 Å². The Balaban J connectivity index is 2.31. The van der Waals surface area contributed by atoms with Crippen LogP contribution < -0.4 is 11.1 Å². The Kier molecular flexibility index (Phi) is 4.33. The first-order valence-corrected chi connectivity index (χ1v) is 6.51. The van der Waals surface area contributed by atoms with Crippen LogP contribution in [-0.4, -0.2) is 5.91 Å². The highest BCUT2D eigenvalue weighted by atomic mass is 19.1. The highest BCUT2D eigenvalue weighted by molar-refractivity contribution is 6.04. The summed E-state index contributed by atoms with van der Waals surface area (Å²) in [6, 6.07) is 9.01. The second kappa shape index (κ2) is 6.01. The van der Waals surface area contributed by atoms with Crippen LogP contribution in [0.3, 0.4) is 0 Å². The lowest BCUT2D eigenvalue weighted by molar-refractivity contribution is 0.101. The highest BCUT2D eigenvalue weighted by Crippen LogP contribution is 2.20. The summed E-state index contributed by atoms with van der Waals surface area (Å²) >= 11 is 0. The van der Waals surface area contributed by atoms with Crippen molar-refractivity contribution in [1.29, 1.82) is 0 Å². The number of benzene rings is 2. The number of carbonyl (C=O) groups excluding carboxylic acids is 1. The van der Waals surface area contributed by atoms with Crippen molar-refractivity contribution >= 4 is 11.6 Å². The van der Waals surface area contributed by atoms with Gasteiger partial charge >= 0.3 is 0 Å². The van der Waals surface area contributed by atoms with E-state index >= 15 is 0 Å². The number of hydrogen-bond acceptors (Lipinski definition) is 2. The Bertz CT molecular complexity index is 684. The number of nitrogens with one attached hydrogen (secondary N) is 1. The molecule has 2 rings (SSSR count). The van der Waals surface area contributed by atoms with Gasteiger partial charge in [0.05, 0.1) is 0 Å². The largest absolute Gasteiger partial charge is 0.324 e. The van der Waals surface area contributed by atoms with E-state index in [1.54, 1.807) is 25.1 Å². The van der Waals surface area contributed by atoms with Crippen molar-refractivity contribution in [2.45, 2.75) is 19.9 Å². The van der Waals surface area contributed by atoms with E-state index in [9.17, 15) is 13.6 Å². The fourth-order valence-electron chi connectivity index (χ4n) is 1.96. The lowest BCUT2D eigenvalue weighted by atomic mass is 10.1. The average molecular weight is 290 g/mol. The standard InChI is InChI=1S/C16H16F2N2O/c1-9-6-7-13(17)14(15(9)18)16(21)20-12-5-3-4-11(8-12)10(2)19/h3-8,10H,19H2,1-2H3,(H,20,21). The first-order valence-electron chi connectivity index (χ1n) is 6.51. The van der Waals surface area contributed by atoms with Crippen molar-refractivity contribution in [3.63, 3.8) is 0 Å². The van der Waals surface area contributed by atoms with E-state index in [1.165, 1.54) is 13.0 Å². The van der Waals surface area contributed by atoms with E-state index in [1.807, 2.05) is 6.07 Å². The molecule has 110 valence electrons. The number of halogens is 2. The fourth-order valence-corrected chi connectivity index (χ4v) is 1.96. The minimum absolute atomic E-state index is 0.200. The summed E-state index contributed by atoms with van der Waals surface area (Å²) in [5.74, 6) is -2.56.